The normalized spacial score (nSPS) is 14.5. The van der Waals surface area contributed by atoms with Crippen LogP contribution in [0.3, 0.4) is 0 Å². The molecule has 2 unspecified atom stereocenters. The molecule has 1 aromatic rings. The van der Waals surface area contributed by atoms with Gasteiger partial charge >= 0.3 is 5.97 Å². The van der Waals surface area contributed by atoms with Crippen LogP contribution in [0.5, 0.6) is 0 Å². The van der Waals surface area contributed by atoms with E-state index in [0.717, 1.165) is 6.42 Å². The van der Waals surface area contributed by atoms with Gasteiger partial charge < -0.3 is 5.11 Å². The van der Waals surface area contributed by atoms with E-state index in [2.05, 4.69) is 52.0 Å². The zero-order valence-electron chi connectivity index (χ0n) is 11.7. The second kappa shape index (κ2) is 6.55. The van der Waals surface area contributed by atoms with Crippen LogP contribution < -0.4 is 0 Å². The minimum atomic E-state index is -0.769. The molecule has 0 heterocycles. The van der Waals surface area contributed by atoms with Crippen LogP contribution in [0.15, 0.2) is 24.3 Å². The minimum Gasteiger partial charge on any atom is -0.480 e. The highest BCUT2D eigenvalue weighted by atomic mass is 16.4. The highest BCUT2D eigenvalue weighted by Gasteiger charge is 2.22. The lowest BCUT2D eigenvalue weighted by molar-refractivity contribution is -0.139. The Bertz CT molecular complexity index is 386. The van der Waals surface area contributed by atoms with Crippen LogP contribution in [0.1, 0.15) is 44.4 Å². The summed E-state index contributed by atoms with van der Waals surface area (Å²) in [7, 11) is 0. The predicted molar refractivity (Wildman–Crippen MR) is 73.7 cm³/mol. The lowest BCUT2D eigenvalue weighted by atomic mass is 10.0. The Morgan fingerprint density at radius 1 is 1.28 bits per heavy atom. The zero-order valence-corrected chi connectivity index (χ0v) is 11.7. The predicted octanol–water partition coefficient (Wildman–Crippen LogP) is 3.24. The SMILES string of the molecule is CCC(C)N(CC(=O)O)C(C)c1ccc(C)cc1. The van der Waals surface area contributed by atoms with Crippen LogP contribution >= 0.6 is 0 Å². The number of carboxylic acid groups (broad SMARTS) is 1. The lowest BCUT2D eigenvalue weighted by Gasteiger charge is -2.33. The molecule has 0 aliphatic carbocycles. The molecular formula is C15H23NO2. The van der Waals surface area contributed by atoms with Crippen molar-refractivity contribution in [2.75, 3.05) is 6.54 Å². The van der Waals surface area contributed by atoms with Gasteiger partial charge in [0.15, 0.2) is 0 Å². The van der Waals surface area contributed by atoms with Gasteiger partial charge in [0.1, 0.15) is 0 Å². The van der Waals surface area contributed by atoms with Crippen molar-refractivity contribution < 1.29 is 9.90 Å². The van der Waals surface area contributed by atoms with Crippen molar-refractivity contribution in [3.05, 3.63) is 35.4 Å². The first-order valence-corrected chi connectivity index (χ1v) is 6.49. The van der Waals surface area contributed by atoms with Crippen LogP contribution in [-0.2, 0) is 4.79 Å². The van der Waals surface area contributed by atoms with Gasteiger partial charge in [0.05, 0.1) is 6.54 Å². The number of benzene rings is 1. The second-order valence-corrected chi connectivity index (χ2v) is 4.91. The molecular weight excluding hydrogens is 226 g/mol. The van der Waals surface area contributed by atoms with E-state index >= 15 is 0 Å². The van der Waals surface area contributed by atoms with E-state index < -0.39 is 5.97 Å². The fraction of sp³-hybridized carbons (Fsp3) is 0.533. The van der Waals surface area contributed by atoms with E-state index in [9.17, 15) is 4.79 Å². The summed E-state index contributed by atoms with van der Waals surface area (Å²) in [5, 5.41) is 9.03. The van der Waals surface area contributed by atoms with E-state index in [4.69, 9.17) is 5.11 Å². The van der Waals surface area contributed by atoms with Crippen molar-refractivity contribution >= 4 is 5.97 Å². The molecule has 1 N–H and O–H groups in total. The van der Waals surface area contributed by atoms with E-state index in [1.807, 2.05) is 4.90 Å². The van der Waals surface area contributed by atoms with Gasteiger partial charge in [0.25, 0.3) is 0 Å². The number of hydrogen-bond acceptors (Lipinski definition) is 2. The Morgan fingerprint density at radius 3 is 2.28 bits per heavy atom. The van der Waals surface area contributed by atoms with Gasteiger partial charge in [-0.2, -0.15) is 0 Å². The molecule has 0 amide bonds. The molecule has 1 rings (SSSR count). The molecule has 3 nitrogen and oxygen atoms in total. The zero-order chi connectivity index (χ0) is 13.7. The third-order valence-electron chi connectivity index (χ3n) is 3.53. The van der Waals surface area contributed by atoms with Crippen LogP contribution in [0.4, 0.5) is 0 Å². The average molecular weight is 249 g/mol. The molecule has 0 spiro atoms. The molecule has 0 radical (unpaired) electrons. The molecule has 0 bridgehead atoms. The Labute approximate surface area is 109 Å². The van der Waals surface area contributed by atoms with E-state index in [-0.39, 0.29) is 18.6 Å². The maximum absolute atomic E-state index is 11.0. The summed E-state index contributed by atoms with van der Waals surface area (Å²) in [4.78, 5) is 13.0. The van der Waals surface area contributed by atoms with Gasteiger partial charge in [0.2, 0.25) is 0 Å². The average Bonchev–Trinajstić information content (AvgIpc) is 2.35. The molecule has 3 heteroatoms. The smallest absolute Gasteiger partial charge is 0.317 e. The van der Waals surface area contributed by atoms with Gasteiger partial charge in [-0.25, -0.2) is 0 Å². The molecule has 2 atom stereocenters. The van der Waals surface area contributed by atoms with Crippen molar-refractivity contribution in [1.82, 2.24) is 4.90 Å². The number of nitrogens with zero attached hydrogens (tertiary/aromatic N) is 1. The number of rotatable bonds is 6. The van der Waals surface area contributed by atoms with E-state index in [1.165, 1.54) is 11.1 Å². The molecule has 0 aromatic heterocycles. The standard InChI is InChI=1S/C15H23NO2/c1-5-12(3)16(10-15(17)18)13(4)14-8-6-11(2)7-9-14/h6-9,12-13H,5,10H2,1-4H3,(H,17,18). The molecule has 18 heavy (non-hydrogen) atoms. The fourth-order valence-corrected chi connectivity index (χ4v) is 2.10. The largest absolute Gasteiger partial charge is 0.480 e. The highest BCUT2D eigenvalue weighted by Crippen LogP contribution is 2.23. The highest BCUT2D eigenvalue weighted by molar-refractivity contribution is 5.69. The Hall–Kier alpha value is -1.35. The fourth-order valence-electron chi connectivity index (χ4n) is 2.10. The van der Waals surface area contributed by atoms with Crippen molar-refractivity contribution in [2.45, 2.75) is 46.2 Å². The van der Waals surface area contributed by atoms with Crippen molar-refractivity contribution in [3.63, 3.8) is 0 Å². The lowest BCUT2D eigenvalue weighted by Crippen LogP contribution is -2.39. The monoisotopic (exact) mass is 249 g/mol. The van der Waals surface area contributed by atoms with Gasteiger partial charge in [-0.05, 0) is 32.8 Å². The number of carbonyl (C=O) groups is 1. The Kier molecular flexibility index (Phi) is 5.35. The molecule has 0 aliphatic rings. The first-order valence-electron chi connectivity index (χ1n) is 6.49. The maximum Gasteiger partial charge on any atom is 0.317 e. The second-order valence-electron chi connectivity index (χ2n) is 4.91. The number of hydrogen-bond donors (Lipinski definition) is 1. The van der Waals surface area contributed by atoms with Gasteiger partial charge in [0, 0.05) is 12.1 Å². The first-order chi connectivity index (χ1) is 8.45. The summed E-state index contributed by atoms with van der Waals surface area (Å²) >= 11 is 0. The summed E-state index contributed by atoms with van der Waals surface area (Å²) in [6.07, 6.45) is 0.948. The minimum absolute atomic E-state index is 0.0874. The first kappa shape index (κ1) is 14.7. The molecule has 0 saturated carbocycles. The van der Waals surface area contributed by atoms with Crippen LogP contribution in [0.2, 0.25) is 0 Å². The van der Waals surface area contributed by atoms with Gasteiger partial charge in [-0.15, -0.1) is 0 Å². The summed E-state index contributed by atoms with van der Waals surface area (Å²) in [5.41, 5.74) is 2.39. The molecule has 100 valence electrons. The number of carboxylic acids is 1. The molecule has 1 aromatic carbocycles. The van der Waals surface area contributed by atoms with E-state index in [0.29, 0.717) is 0 Å². The summed E-state index contributed by atoms with van der Waals surface area (Å²) in [5.74, 6) is -0.769. The summed E-state index contributed by atoms with van der Waals surface area (Å²) in [6.45, 7) is 8.37. The van der Waals surface area contributed by atoms with Crippen molar-refractivity contribution in [1.29, 1.82) is 0 Å². The van der Waals surface area contributed by atoms with Crippen molar-refractivity contribution in [3.8, 4) is 0 Å². The number of aliphatic carboxylic acids is 1. The quantitative estimate of drug-likeness (QED) is 0.841. The molecule has 0 saturated heterocycles. The van der Waals surface area contributed by atoms with Crippen molar-refractivity contribution in [2.24, 2.45) is 0 Å². The van der Waals surface area contributed by atoms with Gasteiger partial charge in [-0.3, -0.25) is 9.69 Å². The number of aryl methyl sites for hydroxylation is 1. The van der Waals surface area contributed by atoms with E-state index in [1.54, 1.807) is 0 Å². The van der Waals surface area contributed by atoms with Crippen LogP contribution in [0.25, 0.3) is 0 Å². The Balaban J connectivity index is 2.90. The Morgan fingerprint density at radius 2 is 1.83 bits per heavy atom. The summed E-state index contributed by atoms with van der Waals surface area (Å²) < 4.78 is 0. The summed E-state index contributed by atoms with van der Waals surface area (Å²) in [6, 6.07) is 8.69. The molecule has 0 aliphatic heterocycles. The van der Waals surface area contributed by atoms with Crippen LogP contribution in [-0.4, -0.2) is 28.6 Å². The van der Waals surface area contributed by atoms with Crippen LogP contribution in [0, 0.1) is 6.92 Å². The maximum atomic E-state index is 11.0. The molecule has 0 fully saturated rings. The third-order valence-corrected chi connectivity index (χ3v) is 3.53. The van der Waals surface area contributed by atoms with Gasteiger partial charge in [-0.1, -0.05) is 36.8 Å². The third kappa shape index (κ3) is 3.84. The topological polar surface area (TPSA) is 40.5 Å².